The minimum absolute atomic E-state index is 0.00961. The Morgan fingerprint density at radius 3 is 1.68 bits per heavy atom. The van der Waals surface area contributed by atoms with Gasteiger partial charge in [-0.2, -0.15) is 0 Å². The van der Waals surface area contributed by atoms with Crippen LogP contribution in [0.2, 0.25) is 0 Å². The maximum absolute atomic E-state index is 13.0. The van der Waals surface area contributed by atoms with Gasteiger partial charge in [0, 0.05) is 13.0 Å². The predicted molar refractivity (Wildman–Crippen MR) is 251 cm³/mol. The van der Waals surface area contributed by atoms with E-state index in [0.29, 0.717) is 57.9 Å². The third-order valence-corrected chi connectivity index (χ3v) is 10.4. The van der Waals surface area contributed by atoms with Crippen molar-refractivity contribution in [2.75, 3.05) is 33.4 Å². The number of carbonyl (C=O) groups is 10. The molecule has 0 heterocycles. The van der Waals surface area contributed by atoms with Crippen LogP contribution in [0, 0.1) is 17.8 Å². The molecule has 0 saturated carbocycles. The number of rotatable bonds is 38. The number of hydrogen-bond acceptors (Lipinski definition) is 14. The molecule has 4 unspecified atom stereocenters. The summed E-state index contributed by atoms with van der Waals surface area (Å²) in [5.41, 5.74) is 0.767. The van der Waals surface area contributed by atoms with Crippen molar-refractivity contribution in [3.8, 4) is 0 Å². The molecule has 0 saturated heterocycles. The van der Waals surface area contributed by atoms with Crippen molar-refractivity contribution in [3.63, 3.8) is 0 Å². The van der Waals surface area contributed by atoms with Crippen LogP contribution < -0.4 is 26.6 Å². The minimum Gasteiger partial charge on any atom is -0.480 e. The summed E-state index contributed by atoms with van der Waals surface area (Å²) >= 11 is 0. The summed E-state index contributed by atoms with van der Waals surface area (Å²) in [6.07, 6.45) is 3.91. The molecule has 1 aromatic rings. The molecule has 19 nitrogen and oxygen atoms in total. The van der Waals surface area contributed by atoms with E-state index in [-0.39, 0.29) is 76.1 Å². The maximum Gasteiger partial charge on any atom is 0.328 e. The van der Waals surface area contributed by atoms with Crippen LogP contribution in [0.4, 0.5) is 0 Å². The Hall–Kier alpha value is -5.72. The van der Waals surface area contributed by atoms with Crippen LogP contribution in [0.5, 0.6) is 0 Å². The predicted octanol–water partition coefficient (Wildman–Crippen LogP) is 4.02. The van der Waals surface area contributed by atoms with Crippen molar-refractivity contribution in [1.82, 2.24) is 26.6 Å². The fourth-order valence-electron chi connectivity index (χ4n) is 7.02. The first-order chi connectivity index (χ1) is 32.3. The van der Waals surface area contributed by atoms with Gasteiger partial charge in [0.25, 0.3) is 0 Å². The first-order valence-electron chi connectivity index (χ1n) is 23.9. The average Bonchev–Trinajstić information content (AvgIpc) is 3.25. The molecular weight excluding hydrogens is 883 g/mol. The van der Waals surface area contributed by atoms with Crippen LogP contribution in [0.25, 0.3) is 0 Å². The number of hydrogen-bond donors (Lipinski definition) is 6. The zero-order chi connectivity index (χ0) is 50.9. The molecule has 6 N–H and O–H groups in total. The van der Waals surface area contributed by atoms with Gasteiger partial charge in [0.2, 0.25) is 23.6 Å². The van der Waals surface area contributed by atoms with Gasteiger partial charge in [-0.3, -0.25) is 33.6 Å². The first-order valence-corrected chi connectivity index (χ1v) is 23.9. The van der Waals surface area contributed by atoms with Crippen molar-refractivity contribution in [2.24, 2.45) is 17.8 Å². The number of ether oxygens (including phenoxy) is 3. The van der Waals surface area contributed by atoms with E-state index in [1.165, 1.54) is 6.92 Å². The van der Waals surface area contributed by atoms with Gasteiger partial charge in [0.15, 0.2) is 0 Å². The van der Waals surface area contributed by atoms with Crippen LogP contribution in [-0.4, -0.2) is 116 Å². The summed E-state index contributed by atoms with van der Waals surface area (Å²) in [5, 5.41) is 22.7. The number of unbranched alkanes of at least 4 members (excludes halogenated alkanes) is 5. The Balaban J connectivity index is 2.46. The number of amides is 4. The highest BCUT2D eigenvalue weighted by Gasteiger charge is 2.28. The lowest BCUT2D eigenvalue weighted by molar-refractivity contribution is -0.151. The molecule has 4 atom stereocenters. The summed E-state index contributed by atoms with van der Waals surface area (Å²) < 4.78 is 16.3. The molecule has 382 valence electrons. The Labute approximate surface area is 401 Å². The molecule has 68 heavy (non-hydrogen) atoms. The van der Waals surface area contributed by atoms with Crippen molar-refractivity contribution in [1.29, 1.82) is 0 Å². The van der Waals surface area contributed by atoms with Gasteiger partial charge in [-0.1, -0.05) is 58.0 Å². The lowest BCUT2D eigenvalue weighted by Crippen LogP contribution is -2.44. The molecule has 1 rings (SSSR count). The zero-order valence-corrected chi connectivity index (χ0v) is 41.0. The summed E-state index contributed by atoms with van der Waals surface area (Å²) in [7, 11) is 1.79. The Bertz CT molecular complexity index is 1760. The van der Waals surface area contributed by atoms with Crippen molar-refractivity contribution >= 4 is 59.1 Å². The van der Waals surface area contributed by atoms with E-state index in [2.05, 4.69) is 26.6 Å². The molecule has 19 heteroatoms. The molecular formula is C49H77N5O14. The van der Waals surface area contributed by atoms with E-state index in [0.717, 1.165) is 12.0 Å². The van der Waals surface area contributed by atoms with Gasteiger partial charge in [0.1, 0.15) is 42.7 Å². The summed E-state index contributed by atoms with van der Waals surface area (Å²) in [4.78, 5) is 125. The van der Waals surface area contributed by atoms with Crippen LogP contribution >= 0.6 is 0 Å². The van der Waals surface area contributed by atoms with Crippen LogP contribution in [0.1, 0.15) is 143 Å². The van der Waals surface area contributed by atoms with E-state index >= 15 is 0 Å². The van der Waals surface area contributed by atoms with E-state index in [1.54, 1.807) is 31.3 Å². The van der Waals surface area contributed by atoms with Gasteiger partial charge in [-0.25, -0.2) is 14.4 Å². The molecule has 0 aliphatic rings. The van der Waals surface area contributed by atoms with Crippen molar-refractivity contribution < 1.29 is 67.3 Å². The Kier molecular flexibility index (Phi) is 31.4. The van der Waals surface area contributed by atoms with Gasteiger partial charge in [-0.05, 0) is 115 Å². The number of nitrogens with one attached hydrogen (secondary N) is 5. The smallest absolute Gasteiger partial charge is 0.328 e. The Morgan fingerprint density at radius 1 is 0.559 bits per heavy atom. The molecule has 0 spiro atoms. The minimum atomic E-state index is -1.18. The van der Waals surface area contributed by atoms with Crippen LogP contribution in [0.15, 0.2) is 30.3 Å². The number of esters is 3. The summed E-state index contributed by atoms with van der Waals surface area (Å²) in [5.74, 6) is -7.01. The molecule has 0 radical (unpaired) electrons. The molecule has 0 fully saturated rings. The van der Waals surface area contributed by atoms with Crippen molar-refractivity contribution in [2.45, 2.75) is 162 Å². The van der Waals surface area contributed by atoms with E-state index < -0.39 is 90.2 Å². The van der Waals surface area contributed by atoms with Crippen LogP contribution in [-0.2, 0) is 68.8 Å². The van der Waals surface area contributed by atoms with E-state index in [4.69, 9.17) is 14.2 Å². The first kappa shape index (κ1) is 60.3. The topological polar surface area (TPSA) is 279 Å². The maximum atomic E-state index is 13.0. The SMILES string of the molecule is CNCCCCC(NC(=O)CC(=O)CC(CC(C)C)C(=O)OCCCCCCOC(=O)C(CC(C)C)NC(=O)CC(=O)NCCCCC(NC(=O)CC(C)=O)C(=O)OCc1ccccc1)C(=O)O. The summed E-state index contributed by atoms with van der Waals surface area (Å²) in [6.45, 7) is 9.93. The molecule has 0 aromatic heterocycles. The third-order valence-electron chi connectivity index (χ3n) is 10.4. The van der Waals surface area contributed by atoms with E-state index in [9.17, 15) is 53.1 Å². The van der Waals surface area contributed by atoms with E-state index in [1.807, 2.05) is 33.8 Å². The largest absolute Gasteiger partial charge is 0.480 e. The van der Waals surface area contributed by atoms with Crippen molar-refractivity contribution in [3.05, 3.63) is 35.9 Å². The number of aliphatic carboxylic acids is 1. The quantitative estimate of drug-likeness (QED) is 0.0236. The summed E-state index contributed by atoms with van der Waals surface area (Å²) in [6, 6.07) is 5.95. The van der Waals surface area contributed by atoms with Gasteiger partial charge < -0.3 is 45.9 Å². The van der Waals surface area contributed by atoms with Gasteiger partial charge >= 0.3 is 23.9 Å². The molecule has 1 aromatic carbocycles. The molecule has 0 bridgehead atoms. The number of benzene rings is 1. The lowest BCUT2D eigenvalue weighted by atomic mass is 9.91. The van der Waals surface area contributed by atoms with Gasteiger partial charge in [-0.15, -0.1) is 0 Å². The number of ketones is 2. The standard InChI is InChI=1S/C49H77N5O14/c1-33(2)26-37(29-38(56)30-44(59)52-39(46(61)62)20-12-14-22-50-6)47(63)66-24-16-7-8-17-25-67-49(65)41(27-34(3)4)54-45(60)31-42(57)51-23-15-13-21-40(53-43(58)28-35(5)55)48(64)68-32-36-18-10-9-11-19-36/h9-11,18-19,33-34,37,39-41,50H,7-8,12-17,20-32H2,1-6H3,(H,51,57)(H,52,59)(H,53,58)(H,54,60)(H,61,62). The lowest BCUT2D eigenvalue weighted by Gasteiger charge is -2.19. The number of carboxylic acids is 1. The fourth-order valence-corrected chi connectivity index (χ4v) is 7.02. The number of carboxylic acid groups (broad SMARTS) is 1. The molecule has 0 aliphatic carbocycles. The molecule has 0 aliphatic heterocycles. The fraction of sp³-hybridized carbons (Fsp3) is 0.673. The van der Waals surface area contributed by atoms with Gasteiger partial charge in [0.05, 0.1) is 32.0 Å². The van der Waals surface area contributed by atoms with Crippen LogP contribution in [0.3, 0.4) is 0 Å². The molecule has 4 amide bonds. The second-order valence-electron chi connectivity index (χ2n) is 17.9. The highest BCUT2D eigenvalue weighted by Crippen LogP contribution is 2.19. The highest BCUT2D eigenvalue weighted by atomic mass is 16.5. The average molecular weight is 960 g/mol. The second-order valence-corrected chi connectivity index (χ2v) is 17.9. The number of carbonyl (C=O) groups excluding carboxylic acids is 9. The normalized spacial score (nSPS) is 12.8. The number of Topliss-reactive ketones (excluding diaryl/α,β-unsaturated/α-hetero) is 2. The zero-order valence-electron chi connectivity index (χ0n) is 41.0. The third kappa shape index (κ3) is 29.8. The Morgan fingerprint density at radius 2 is 1.09 bits per heavy atom. The monoisotopic (exact) mass is 960 g/mol. The highest BCUT2D eigenvalue weighted by molar-refractivity contribution is 6.00. The second kappa shape index (κ2) is 35.4.